The molecule has 2 fully saturated rings. The summed E-state index contributed by atoms with van der Waals surface area (Å²) in [4.78, 5) is 22.6. The number of carbonyl (C=O) groups is 1. The number of fused-ring (bicyclic) bond motifs is 2. The van der Waals surface area contributed by atoms with Gasteiger partial charge in [0, 0.05) is 66.9 Å². The fourth-order valence-electron chi connectivity index (χ4n) is 7.02. The molecule has 1 amide bonds. The molecule has 4 aromatic rings. The number of rotatable bonds is 8. The van der Waals surface area contributed by atoms with E-state index in [-0.39, 0.29) is 24.2 Å². The van der Waals surface area contributed by atoms with Crippen LogP contribution in [-0.4, -0.2) is 67.0 Å². The maximum atomic E-state index is 13.2. The van der Waals surface area contributed by atoms with Crippen molar-refractivity contribution in [2.75, 3.05) is 35.6 Å². The van der Waals surface area contributed by atoms with Crippen LogP contribution in [0.5, 0.6) is 0 Å². The van der Waals surface area contributed by atoms with E-state index in [4.69, 9.17) is 20.6 Å². The number of carbonyl (C=O) groups excluding carboxylic acids is 1. The molecule has 3 N–H and O–H groups in total. The molecule has 1 saturated carbocycles. The van der Waals surface area contributed by atoms with Crippen molar-refractivity contribution in [1.82, 2.24) is 29.3 Å². The Labute approximate surface area is 252 Å². The first-order valence-corrected chi connectivity index (χ1v) is 15.7. The van der Waals surface area contributed by atoms with Crippen LogP contribution >= 0.6 is 0 Å². The largest absolute Gasteiger partial charge is 0.399 e. The summed E-state index contributed by atoms with van der Waals surface area (Å²) in [7, 11) is 0. The molecule has 1 aliphatic carbocycles. The highest BCUT2D eigenvalue weighted by atomic mass is 16.5. The van der Waals surface area contributed by atoms with Crippen LogP contribution in [0, 0.1) is 0 Å². The lowest BCUT2D eigenvalue weighted by atomic mass is 9.90. The zero-order valence-electron chi connectivity index (χ0n) is 25.1. The Hall–Kier alpha value is -4.12. The number of amides is 1. The number of piperidine rings is 1. The average molecular weight is 584 g/mol. The summed E-state index contributed by atoms with van der Waals surface area (Å²) in [6.07, 6.45) is 11.3. The predicted molar refractivity (Wildman–Crippen MR) is 167 cm³/mol. The molecule has 2 aliphatic heterocycles. The monoisotopic (exact) mass is 583 g/mol. The third-order valence-electron chi connectivity index (χ3n) is 9.21. The number of ether oxygens (including phenoxy) is 1. The van der Waals surface area contributed by atoms with E-state index in [0.29, 0.717) is 24.8 Å². The number of benzene rings is 1. The maximum absolute atomic E-state index is 13.2. The average Bonchev–Trinajstić information content (AvgIpc) is 3.75. The van der Waals surface area contributed by atoms with E-state index in [9.17, 15) is 4.79 Å². The summed E-state index contributed by atoms with van der Waals surface area (Å²) >= 11 is 0. The zero-order chi connectivity index (χ0) is 29.5. The number of pyridine rings is 1. The Morgan fingerprint density at radius 2 is 1.95 bits per heavy atom. The van der Waals surface area contributed by atoms with E-state index >= 15 is 0 Å². The smallest absolute Gasteiger partial charge is 0.254 e. The molecule has 226 valence electrons. The maximum Gasteiger partial charge on any atom is 0.254 e. The van der Waals surface area contributed by atoms with E-state index in [2.05, 4.69) is 27.6 Å². The second kappa shape index (κ2) is 11.5. The standard InChI is InChI=1S/C32H41N9O2/c1-3-43-21(2)40-20-23(18-34-40)27-12-13-29-36-32(37-41(29)30(27)38-14-5-4-6-15-38)35-25-8-7-9-26(17-25)39-19-22-10-11-24(33)16-28(22)31(39)42/h10-13,16,18,20-21,25-26H,3-9,14-15,17,19,33H2,1-2H3,(H,35,37)/t21?,25-,26+/m1/s1. The van der Waals surface area contributed by atoms with Gasteiger partial charge >= 0.3 is 0 Å². The van der Waals surface area contributed by atoms with Gasteiger partial charge in [-0.15, -0.1) is 5.10 Å². The van der Waals surface area contributed by atoms with Gasteiger partial charge in [-0.05, 0) is 88.6 Å². The first-order valence-electron chi connectivity index (χ1n) is 15.7. The molecule has 3 aromatic heterocycles. The Morgan fingerprint density at radius 1 is 1.09 bits per heavy atom. The van der Waals surface area contributed by atoms with Crippen molar-refractivity contribution in [2.24, 2.45) is 0 Å². The minimum absolute atomic E-state index is 0.0940. The summed E-state index contributed by atoms with van der Waals surface area (Å²) in [6, 6.07) is 10.2. The third kappa shape index (κ3) is 5.30. The number of aromatic nitrogens is 5. The molecule has 3 aliphatic rings. The number of hydrogen-bond acceptors (Lipinski definition) is 8. The molecule has 11 heteroatoms. The van der Waals surface area contributed by atoms with Crippen LogP contribution < -0.4 is 16.0 Å². The van der Waals surface area contributed by atoms with Gasteiger partial charge < -0.3 is 25.6 Å². The normalized spacial score (nSPS) is 21.4. The number of nitrogens with one attached hydrogen (secondary N) is 1. The van der Waals surface area contributed by atoms with Gasteiger partial charge in [-0.2, -0.15) is 14.6 Å². The lowest BCUT2D eigenvalue weighted by molar-refractivity contribution is 0.0160. The molecule has 1 saturated heterocycles. The zero-order valence-corrected chi connectivity index (χ0v) is 25.1. The molecule has 11 nitrogen and oxygen atoms in total. The quantitative estimate of drug-likeness (QED) is 0.275. The third-order valence-corrected chi connectivity index (χ3v) is 9.21. The Morgan fingerprint density at radius 3 is 2.79 bits per heavy atom. The lowest BCUT2D eigenvalue weighted by Gasteiger charge is -2.35. The number of hydrogen-bond donors (Lipinski definition) is 2. The number of nitrogens with two attached hydrogens (primary N) is 1. The second-order valence-corrected chi connectivity index (χ2v) is 12.1. The first-order chi connectivity index (χ1) is 21.0. The lowest BCUT2D eigenvalue weighted by Crippen LogP contribution is -2.42. The Bertz CT molecular complexity index is 1620. The molecule has 0 bridgehead atoms. The summed E-state index contributed by atoms with van der Waals surface area (Å²) in [6.45, 7) is 7.26. The number of anilines is 3. The van der Waals surface area contributed by atoms with Gasteiger partial charge in [-0.3, -0.25) is 4.79 Å². The summed E-state index contributed by atoms with van der Waals surface area (Å²) < 4.78 is 9.63. The van der Waals surface area contributed by atoms with Crippen LogP contribution in [0.2, 0.25) is 0 Å². The van der Waals surface area contributed by atoms with Gasteiger partial charge in [0.2, 0.25) is 5.95 Å². The number of nitrogens with zero attached hydrogens (tertiary/aromatic N) is 7. The van der Waals surface area contributed by atoms with Crippen LogP contribution in [0.3, 0.4) is 0 Å². The molecular formula is C32H41N9O2. The van der Waals surface area contributed by atoms with E-state index in [1.807, 2.05) is 58.4 Å². The molecule has 3 atom stereocenters. The highest BCUT2D eigenvalue weighted by Crippen LogP contribution is 2.35. The summed E-state index contributed by atoms with van der Waals surface area (Å²) in [5.74, 6) is 1.78. The first kappa shape index (κ1) is 27.7. The van der Waals surface area contributed by atoms with E-state index in [0.717, 1.165) is 85.3 Å². The van der Waals surface area contributed by atoms with E-state index in [1.54, 1.807) is 0 Å². The van der Waals surface area contributed by atoms with Crippen LogP contribution in [0.15, 0.2) is 42.7 Å². The van der Waals surface area contributed by atoms with Gasteiger partial charge in [0.15, 0.2) is 5.65 Å². The minimum atomic E-state index is -0.134. The fraction of sp³-hybridized carbons (Fsp3) is 0.500. The van der Waals surface area contributed by atoms with Gasteiger partial charge in [0.1, 0.15) is 12.0 Å². The summed E-state index contributed by atoms with van der Waals surface area (Å²) in [5.41, 5.74) is 11.4. The van der Waals surface area contributed by atoms with E-state index < -0.39 is 0 Å². The molecule has 0 spiro atoms. The van der Waals surface area contributed by atoms with Crippen LogP contribution in [0.4, 0.5) is 17.5 Å². The van der Waals surface area contributed by atoms with Crippen molar-refractivity contribution in [1.29, 1.82) is 0 Å². The summed E-state index contributed by atoms with van der Waals surface area (Å²) in [5, 5.41) is 13.3. The van der Waals surface area contributed by atoms with Gasteiger partial charge in [-0.1, -0.05) is 6.07 Å². The Balaban J connectivity index is 1.14. The predicted octanol–water partition coefficient (Wildman–Crippen LogP) is 5.10. The van der Waals surface area contributed by atoms with Crippen molar-refractivity contribution in [2.45, 2.75) is 83.6 Å². The molecule has 43 heavy (non-hydrogen) atoms. The van der Waals surface area contributed by atoms with Crippen LogP contribution in [0.25, 0.3) is 16.8 Å². The van der Waals surface area contributed by atoms with Gasteiger partial charge in [-0.25, -0.2) is 4.68 Å². The van der Waals surface area contributed by atoms with Crippen molar-refractivity contribution in [3.63, 3.8) is 0 Å². The Kier molecular flexibility index (Phi) is 7.42. The van der Waals surface area contributed by atoms with E-state index in [1.165, 1.54) is 6.42 Å². The van der Waals surface area contributed by atoms with Gasteiger partial charge in [0.25, 0.3) is 5.91 Å². The number of nitrogen functional groups attached to an aromatic ring is 1. The highest BCUT2D eigenvalue weighted by Gasteiger charge is 2.36. The van der Waals surface area contributed by atoms with Crippen molar-refractivity contribution in [3.8, 4) is 11.1 Å². The highest BCUT2D eigenvalue weighted by molar-refractivity contribution is 5.99. The van der Waals surface area contributed by atoms with Crippen molar-refractivity contribution < 1.29 is 9.53 Å². The van der Waals surface area contributed by atoms with Crippen molar-refractivity contribution in [3.05, 3.63) is 53.9 Å². The molecule has 5 heterocycles. The van der Waals surface area contributed by atoms with Crippen LogP contribution in [-0.2, 0) is 11.3 Å². The molecule has 0 radical (unpaired) electrons. The van der Waals surface area contributed by atoms with Crippen molar-refractivity contribution >= 4 is 29.0 Å². The van der Waals surface area contributed by atoms with Crippen LogP contribution in [0.1, 0.15) is 80.9 Å². The molecule has 1 unspecified atom stereocenters. The molecule has 7 rings (SSSR count). The van der Waals surface area contributed by atoms with Gasteiger partial charge in [0.05, 0.1) is 6.20 Å². The molecular weight excluding hydrogens is 542 g/mol. The topological polar surface area (TPSA) is 119 Å². The minimum Gasteiger partial charge on any atom is -0.399 e. The SMILES string of the molecule is CCOC(C)n1cc(-c2ccc3nc(N[C@@H]4CCC[C@H](N5Cc6ccc(N)cc6C5=O)C4)nn3c2N2CCCCC2)cn1. The second-order valence-electron chi connectivity index (χ2n) is 12.1. The molecule has 1 aromatic carbocycles. The fourth-order valence-corrected chi connectivity index (χ4v) is 7.02.